The summed E-state index contributed by atoms with van der Waals surface area (Å²) < 4.78 is 28.0. The fourth-order valence-corrected chi connectivity index (χ4v) is 4.04. The van der Waals surface area contributed by atoms with Crippen molar-refractivity contribution in [1.29, 1.82) is 0 Å². The number of hydrogen-bond acceptors (Lipinski definition) is 5. The SMILES string of the molecule is CCOc1ccc(NCCC(=O)NC2CCS(=O)(=O)C2)cc1. The van der Waals surface area contributed by atoms with Gasteiger partial charge in [-0.3, -0.25) is 4.79 Å². The molecule has 1 aliphatic heterocycles. The molecular formula is C15H22N2O4S. The van der Waals surface area contributed by atoms with Crippen LogP contribution < -0.4 is 15.4 Å². The molecule has 0 aromatic heterocycles. The molecule has 1 fully saturated rings. The summed E-state index contributed by atoms with van der Waals surface area (Å²) in [6.45, 7) is 3.06. The molecule has 1 unspecified atom stereocenters. The highest BCUT2D eigenvalue weighted by Crippen LogP contribution is 2.15. The summed E-state index contributed by atoms with van der Waals surface area (Å²) in [6, 6.07) is 7.30. The van der Waals surface area contributed by atoms with Crippen molar-refractivity contribution in [3.8, 4) is 5.75 Å². The van der Waals surface area contributed by atoms with Crippen molar-refractivity contribution < 1.29 is 17.9 Å². The van der Waals surface area contributed by atoms with Crippen LogP contribution in [0.3, 0.4) is 0 Å². The second-order valence-corrected chi connectivity index (χ2v) is 7.53. The number of sulfone groups is 1. The summed E-state index contributed by atoms with van der Waals surface area (Å²) in [5, 5.41) is 5.92. The number of nitrogens with one attached hydrogen (secondary N) is 2. The maximum atomic E-state index is 11.8. The smallest absolute Gasteiger partial charge is 0.222 e. The lowest BCUT2D eigenvalue weighted by Gasteiger charge is -2.11. The second-order valence-electron chi connectivity index (χ2n) is 5.30. The first kappa shape index (κ1) is 16.6. The topological polar surface area (TPSA) is 84.5 Å². The molecule has 1 aromatic rings. The minimum absolute atomic E-state index is 0.0606. The van der Waals surface area contributed by atoms with E-state index in [-0.39, 0.29) is 23.5 Å². The van der Waals surface area contributed by atoms with Crippen LogP contribution in [0.4, 0.5) is 5.69 Å². The van der Waals surface area contributed by atoms with Gasteiger partial charge in [-0.15, -0.1) is 0 Å². The van der Waals surface area contributed by atoms with Crippen molar-refractivity contribution in [3.63, 3.8) is 0 Å². The van der Waals surface area contributed by atoms with Gasteiger partial charge in [0.1, 0.15) is 5.75 Å². The molecule has 0 bridgehead atoms. The Morgan fingerprint density at radius 3 is 2.64 bits per heavy atom. The molecule has 22 heavy (non-hydrogen) atoms. The van der Waals surface area contributed by atoms with Gasteiger partial charge in [0.05, 0.1) is 18.1 Å². The van der Waals surface area contributed by atoms with Crippen molar-refractivity contribution in [2.45, 2.75) is 25.8 Å². The molecule has 2 N–H and O–H groups in total. The summed E-state index contributed by atoms with van der Waals surface area (Å²) >= 11 is 0. The minimum Gasteiger partial charge on any atom is -0.494 e. The lowest BCUT2D eigenvalue weighted by Crippen LogP contribution is -2.36. The predicted octanol–water partition coefficient (Wildman–Crippen LogP) is 1.19. The van der Waals surface area contributed by atoms with E-state index in [1.165, 1.54) is 0 Å². The van der Waals surface area contributed by atoms with Gasteiger partial charge >= 0.3 is 0 Å². The zero-order chi connectivity index (χ0) is 16.0. The number of carbonyl (C=O) groups is 1. The van der Waals surface area contributed by atoms with Crippen LogP contribution in [0, 0.1) is 0 Å². The molecule has 0 saturated carbocycles. The maximum absolute atomic E-state index is 11.8. The highest BCUT2D eigenvalue weighted by Gasteiger charge is 2.28. The Hall–Kier alpha value is -1.76. The van der Waals surface area contributed by atoms with Gasteiger partial charge in [0.2, 0.25) is 5.91 Å². The lowest BCUT2D eigenvalue weighted by atomic mass is 10.2. The minimum atomic E-state index is -2.96. The maximum Gasteiger partial charge on any atom is 0.222 e. The third-order valence-electron chi connectivity index (χ3n) is 3.44. The average Bonchev–Trinajstić information content (AvgIpc) is 2.80. The molecule has 0 spiro atoms. The molecule has 1 aromatic carbocycles. The Morgan fingerprint density at radius 2 is 2.05 bits per heavy atom. The first-order valence-electron chi connectivity index (χ1n) is 7.45. The molecule has 1 heterocycles. The van der Waals surface area contributed by atoms with Gasteiger partial charge in [0, 0.05) is 24.7 Å². The molecule has 7 heteroatoms. The van der Waals surface area contributed by atoms with Crippen LogP contribution in [-0.2, 0) is 14.6 Å². The quantitative estimate of drug-likeness (QED) is 0.786. The number of benzene rings is 1. The van der Waals surface area contributed by atoms with E-state index < -0.39 is 9.84 Å². The van der Waals surface area contributed by atoms with Gasteiger partial charge in [-0.25, -0.2) is 8.42 Å². The molecule has 0 radical (unpaired) electrons. The molecule has 0 aliphatic carbocycles. The summed E-state index contributed by atoms with van der Waals surface area (Å²) in [6.07, 6.45) is 0.824. The zero-order valence-corrected chi connectivity index (χ0v) is 13.5. The first-order chi connectivity index (χ1) is 10.5. The summed E-state index contributed by atoms with van der Waals surface area (Å²) in [5.74, 6) is 0.918. The van der Waals surface area contributed by atoms with Crippen molar-refractivity contribution in [3.05, 3.63) is 24.3 Å². The van der Waals surface area contributed by atoms with E-state index >= 15 is 0 Å². The van der Waals surface area contributed by atoms with Crippen molar-refractivity contribution in [2.75, 3.05) is 30.0 Å². The zero-order valence-electron chi connectivity index (χ0n) is 12.7. The number of anilines is 1. The third-order valence-corrected chi connectivity index (χ3v) is 5.21. The van der Waals surface area contributed by atoms with Crippen LogP contribution >= 0.6 is 0 Å². The Labute approximate surface area is 131 Å². The van der Waals surface area contributed by atoms with E-state index in [2.05, 4.69) is 10.6 Å². The second kappa shape index (κ2) is 7.49. The molecule has 6 nitrogen and oxygen atoms in total. The van der Waals surface area contributed by atoms with Gasteiger partial charge in [-0.05, 0) is 37.6 Å². The molecular weight excluding hydrogens is 304 g/mol. The van der Waals surface area contributed by atoms with Gasteiger partial charge in [0.25, 0.3) is 0 Å². The Bertz CT molecular complexity index is 598. The van der Waals surface area contributed by atoms with E-state index in [1.54, 1.807) is 0 Å². The van der Waals surface area contributed by atoms with Crippen LogP contribution in [0.2, 0.25) is 0 Å². The van der Waals surface area contributed by atoms with E-state index in [0.29, 0.717) is 26.0 Å². The lowest BCUT2D eigenvalue weighted by molar-refractivity contribution is -0.121. The van der Waals surface area contributed by atoms with E-state index in [1.807, 2.05) is 31.2 Å². The number of hydrogen-bond donors (Lipinski definition) is 2. The summed E-state index contributed by atoms with van der Waals surface area (Å²) in [7, 11) is -2.96. The number of carbonyl (C=O) groups excluding carboxylic acids is 1. The number of rotatable bonds is 7. The van der Waals surface area contributed by atoms with Crippen LogP contribution in [0.15, 0.2) is 24.3 Å². The van der Waals surface area contributed by atoms with Crippen molar-refractivity contribution in [2.24, 2.45) is 0 Å². The highest BCUT2D eigenvalue weighted by molar-refractivity contribution is 7.91. The normalized spacial score (nSPS) is 19.6. The number of amides is 1. The van der Waals surface area contributed by atoms with Gasteiger partial charge in [0.15, 0.2) is 9.84 Å². The Balaban J connectivity index is 1.68. The van der Waals surface area contributed by atoms with Crippen molar-refractivity contribution in [1.82, 2.24) is 5.32 Å². The molecule has 122 valence electrons. The van der Waals surface area contributed by atoms with Crippen LogP contribution in [0.5, 0.6) is 5.75 Å². The Kier molecular flexibility index (Phi) is 5.65. The predicted molar refractivity (Wildman–Crippen MR) is 85.9 cm³/mol. The van der Waals surface area contributed by atoms with Crippen LogP contribution in [0.25, 0.3) is 0 Å². The largest absolute Gasteiger partial charge is 0.494 e. The van der Waals surface area contributed by atoms with Crippen LogP contribution in [0.1, 0.15) is 19.8 Å². The van der Waals surface area contributed by atoms with E-state index in [4.69, 9.17) is 4.74 Å². The van der Waals surface area contributed by atoms with Gasteiger partial charge < -0.3 is 15.4 Å². The monoisotopic (exact) mass is 326 g/mol. The van der Waals surface area contributed by atoms with Gasteiger partial charge in [-0.2, -0.15) is 0 Å². The molecule has 1 atom stereocenters. The average molecular weight is 326 g/mol. The van der Waals surface area contributed by atoms with E-state index in [0.717, 1.165) is 11.4 Å². The molecule has 1 aliphatic rings. The Morgan fingerprint density at radius 1 is 1.32 bits per heavy atom. The highest BCUT2D eigenvalue weighted by atomic mass is 32.2. The summed E-state index contributed by atoms with van der Waals surface area (Å²) in [4.78, 5) is 11.8. The molecule has 1 amide bonds. The van der Waals surface area contributed by atoms with Crippen molar-refractivity contribution >= 4 is 21.4 Å². The van der Waals surface area contributed by atoms with Gasteiger partial charge in [-0.1, -0.05) is 0 Å². The fraction of sp³-hybridized carbons (Fsp3) is 0.533. The fourth-order valence-electron chi connectivity index (χ4n) is 2.36. The molecule has 1 saturated heterocycles. The standard InChI is InChI=1S/C15H22N2O4S/c1-2-21-14-5-3-12(4-6-14)16-9-7-15(18)17-13-8-10-22(19,20)11-13/h3-6,13,16H,2,7-11H2,1H3,(H,17,18). The third kappa shape index (κ3) is 5.22. The van der Waals surface area contributed by atoms with Crippen LogP contribution in [-0.4, -0.2) is 45.0 Å². The molecule has 2 rings (SSSR count). The summed E-state index contributed by atoms with van der Waals surface area (Å²) in [5.41, 5.74) is 0.916. The van der Waals surface area contributed by atoms with E-state index in [9.17, 15) is 13.2 Å². The first-order valence-corrected chi connectivity index (χ1v) is 9.27. The number of ether oxygens (including phenoxy) is 1.